The van der Waals surface area contributed by atoms with E-state index in [1.807, 2.05) is 19.1 Å². The van der Waals surface area contributed by atoms with Gasteiger partial charge in [0.05, 0.1) is 12.2 Å². The first-order chi connectivity index (χ1) is 18.1. The Bertz CT molecular complexity index is 1350. The maximum absolute atomic E-state index is 13.0. The summed E-state index contributed by atoms with van der Waals surface area (Å²) in [5.74, 6) is 0.302. The van der Waals surface area contributed by atoms with Crippen LogP contribution >= 0.6 is 11.8 Å². The molecule has 0 radical (unpaired) electrons. The van der Waals surface area contributed by atoms with Crippen LogP contribution in [0.15, 0.2) is 52.1 Å². The first-order valence-electron chi connectivity index (χ1n) is 11.8. The molecular formula is C26H25F3N4O4S. The van der Waals surface area contributed by atoms with Crippen LogP contribution in [0, 0.1) is 12.3 Å². The zero-order chi connectivity index (χ0) is 27.4. The van der Waals surface area contributed by atoms with Gasteiger partial charge in [0, 0.05) is 0 Å². The molecule has 2 aliphatic rings. The molecule has 12 heteroatoms. The largest absolute Gasteiger partial charge is 0.490 e. The van der Waals surface area contributed by atoms with E-state index < -0.39 is 23.0 Å². The lowest BCUT2D eigenvalue weighted by Gasteiger charge is -2.20. The molecule has 0 saturated heterocycles. The van der Waals surface area contributed by atoms with Gasteiger partial charge < -0.3 is 14.2 Å². The van der Waals surface area contributed by atoms with Crippen molar-refractivity contribution >= 4 is 39.8 Å². The summed E-state index contributed by atoms with van der Waals surface area (Å²) < 4.78 is 56.4. The Kier molecular flexibility index (Phi) is 8.10. The van der Waals surface area contributed by atoms with Crippen LogP contribution in [-0.2, 0) is 11.2 Å². The highest BCUT2D eigenvalue weighted by molar-refractivity contribution is 8.27. The molecule has 2 aliphatic heterocycles. The predicted octanol–water partition coefficient (Wildman–Crippen LogP) is 5.60. The SMILES string of the molecule is CCOc1cc(/C=C2\C(=N)N3N=C(C(F)(F)F)SC3=NC2=O)ccc1OCCOc1cc(C)cc(CC)c1. The van der Waals surface area contributed by atoms with Crippen molar-refractivity contribution in [2.45, 2.75) is 33.4 Å². The standard InChI is InChI=1S/C26H25F3N4O4S/c1-4-16-10-15(3)11-18(12-16)36-8-9-37-20-7-6-17(14-21(20)35-5-2)13-19-22(30)33-25(31-23(19)34)38-24(32-33)26(27,28)29/h6-7,10-14,30H,4-5,8-9H2,1-3H3/b19-13+,30-22?. The highest BCUT2D eigenvalue weighted by Crippen LogP contribution is 2.36. The number of fused-ring (bicyclic) bond motifs is 1. The van der Waals surface area contributed by atoms with Crippen LogP contribution in [0.3, 0.4) is 0 Å². The number of aliphatic imine (C=N–C) groups is 1. The van der Waals surface area contributed by atoms with Gasteiger partial charge in [-0.2, -0.15) is 28.3 Å². The van der Waals surface area contributed by atoms with Gasteiger partial charge in [-0.15, -0.1) is 0 Å². The molecule has 0 aromatic heterocycles. The van der Waals surface area contributed by atoms with Crippen molar-refractivity contribution in [2.75, 3.05) is 19.8 Å². The summed E-state index contributed by atoms with van der Waals surface area (Å²) in [6, 6.07) is 11.0. The summed E-state index contributed by atoms with van der Waals surface area (Å²) in [7, 11) is 0. The molecule has 2 aromatic rings. The summed E-state index contributed by atoms with van der Waals surface area (Å²) >= 11 is 0.204. The zero-order valence-corrected chi connectivity index (χ0v) is 21.7. The van der Waals surface area contributed by atoms with Gasteiger partial charge >= 0.3 is 6.18 Å². The summed E-state index contributed by atoms with van der Waals surface area (Å²) in [5.41, 5.74) is 2.58. The molecule has 0 unspecified atom stereocenters. The Labute approximate surface area is 221 Å². The zero-order valence-electron chi connectivity index (χ0n) is 20.9. The average Bonchev–Trinajstić information content (AvgIpc) is 3.30. The number of thioether (sulfide) groups is 1. The maximum atomic E-state index is 13.0. The lowest BCUT2D eigenvalue weighted by Crippen LogP contribution is -2.35. The number of hydrogen-bond donors (Lipinski definition) is 1. The van der Waals surface area contributed by atoms with Gasteiger partial charge in [-0.05, 0) is 79.1 Å². The van der Waals surface area contributed by atoms with Gasteiger partial charge in [0.1, 0.15) is 19.0 Å². The number of ether oxygens (including phenoxy) is 3. The Balaban J connectivity index is 1.47. The number of amidine groups is 2. The lowest BCUT2D eigenvalue weighted by molar-refractivity contribution is -0.114. The lowest BCUT2D eigenvalue weighted by atomic mass is 10.1. The third-order valence-electron chi connectivity index (χ3n) is 5.40. The second-order valence-electron chi connectivity index (χ2n) is 8.27. The van der Waals surface area contributed by atoms with Crippen LogP contribution in [0.2, 0.25) is 0 Å². The third-order valence-corrected chi connectivity index (χ3v) is 6.36. The van der Waals surface area contributed by atoms with E-state index in [2.05, 4.69) is 23.1 Å². The van der Waals surface area contributed by atoms with Gasteiger partial charge in [-0.25, -0.2) is 0 Å². The highest BCUT2D eigenvalue weighted by Gasteiger charge is 2.46. The molecular weight excluding hydrogens is 521 g/mol. The van der Waals surface area contributed by atoms with Crippen molar-refractivity contribution in [3.05, 3.63) is 58.7 Å². The van der Waals surface area contributed by atoms with E-state index in [4.69, 9.17) is 19.6 Å². The minimum atomic E-state index is -4.70. The van der Waals surface area contributed by atoms with Crippen LogP contribution in [-0.4, -0.2) is 53.0 Å². The number of halogens is 3. The van der Waals surface area contributed by atoms with Gasteiger partial charge in [0.15, 0.2) is 17.3 Å². The number of rotatable bonds is 9. The number of carbonyl (C=O) groups excluding carboxylic acids is 1. The van der Waals surface area contributed by atoms with E-state index in [1.165, 1.54) is 11.6 Å². The monoisotopic (exact) mass is 546 g/mol. The molecule has 200 valence electrons. The van der Waals surface area contributed by atoms with Crippen molar-refractivity contribution in [1.29, 1.82) is 5.41 Å². The number of aryl methyl sites for hydroxylation is 2. The Morgan fingerprint density at radius 3 is 2.53 bits per heavy atom. The Morgan fingerprint density at radius 1 is 1.05 bits per heavy atom. The fourth-order valence-electron chi connectivity index (χ4n) is 3.70. The van der Waals surface area contributed by atoms with Crippen LogP contribution in [0.25, 0.3) is 6.08 Å². The van der Waals surface area contributed by atoms with Gasteiger partial charge in [0.25, 0.3) is 5.91 Å². The molecule has 0 saturated carbocycles. The molecule has 0 bridgehead atoms. The number of nitrogens with zero attached hydrogens (tertiary/aromatic N) is 3. The van der Waals surface area contributed by atoms with Crippen LogP contribution in [0.5, 0.6) is 17.2 Å². The summed E-state index contributed by atoms with van der Waals surface area (Å²) in [6.45, 7) is 6.81. The van der Waals surface area contributed by atoms with Crippen molar-refractivity contribution < 1.29 is 32.2 Å². The Hall–Kier alpha value is -3.80. The summed E-state index contributed by atoms with van der Waals surface area (Å²) in [4.78, 5) is 16.2. The average molecular weight is 547 g/mol. The number of alkyl halides is 3. The normalized spacial score (nSPS) is 16.4. The molecule has 38 heavy (non-hydrogen) atoms. The second kappa shape index (κ2) is 11.3. The fraction of sp³-hybridized carbons (Fsp3) is 0.308. The highest BCUT2D eigenvalue weighted by atomic mass is 32.2. The maximum Gasteiger partial charge on any atom is 0.441 e. The molecule has 8 nitrogen and oxygen atoms in total. The number of carbonyl (C=O) groups is 1. The van der Waals surface area contributed by atoms with E-state index in [-0.39, 0.29) is 29.1 Å². The number of hydrogen-bond acceptors (Lipinski definition) is 7. The topological polar surface area (TPSA) is 96.6 Å². The van der Waals surface area contributed by atoms with Crippen LogP contribution in [0.1, 0.15) is 30.5 Å². The van der Waals surface area contributed by atoms with Gasteiger partial charge in [-0.3, -0.25) is 10.2 Å². The van der Waals surface area contributed by atoms with Crippen molar-refractivity contribution in [1.82, 2.24) is 5.01 Å². The van der Waals surface area contributed by atoms with E-state index in [1.54, 1.807) is 25.1 Å². The summed E-state index contributed by atoms with van der Waals surface area (Å²) in [5, 5.41) is 10.9. The smallest absolute Gasteiger partial charge is 0.441 e. The molecule has 4 rings (SSSR count). The predicted molar refractivity (Wildman–Crippen MR) is 140 cm³/mol. The van der Waals surface area contributed by atoms with Gasteiger partial charge in [0.2, 0.25) is 10.2 Å². The van der Waals surface area contributed by atoms with Crippen LogP contribution < -0.4 is 14.2 Å². The quantitative estimate of drug-likeness (QED) is 0.325. The Morgan fingerprint density at radius 2 is 1.82 bits per heavy atom. The number of benzene rings is 2. The molecule has 0 atom stereocenters. The molecule has 2 heterocycles. The minimum Gasteiger partial charge on any atom is -0.490 e. The van der Waals surface area contributed by atoms with Crippen LogP contribution in [0.4, 0.5) is 13.2 Å². The van der Waals surface area contributed by atoms with E-state index in [9.17, 15) is 18.0 Å². The second-order valence-corrected chi connectivity index (χ2v) is 9.22. The van der Waals surface area contributed by atoms with E-state index in [0.29, 0.717) is 35.3 Å². The van der Waals surface area contributed by atoms with E-state index >= 15 is 0 Å². The first-order valence-corrected chi connectivity index (χ1v) is 12.6. The molecule has 0 spiro atoms. The van der Waals surface area contributed by atoms with E-state index in [0.717, 1.165) is 17.7 Å². The minimum absolute atomic E-state index is 0.198. The van der Waals surface area contributed by atoms with Crippen molar-refractivity contribution in [3.8, 4) is 17.2 Å². The van der Waals surface area contributed by atoms with Gasteiger partial charge in [-0.1, -0.05) is 19.1 Å². The molecule has 1 N–H and O–H groups in total. The number of amides is 1. The summed E-state index contributed by atoms with van der Waals surface area (Å²) in [6.07, 6.45) is -2.44. The third kappa shape index (κ3) is 6.18. The molecule has 0 aliphatic carbocycles. The fourth-order valence-corrected chi connectivity index (χ4v) is 4.46. The first kappa shape index (κ1) is 27.2. The molecule has 1 amide bonds. The number of hydrazone groups is 1. The number of nitrogens with one attached hydrogen (secondary N) is 1. The molecule has 0 fully saturated rings. The van der Waals surface area contributed by atoms with Crippen molar-refractivity contribution in [2.24, 2.45) is 10.1 Å². The van der Waals surface area contributed by atoms with Crippen molar-refractivity contribution in [3.63, 3.8) is 0 Å². The molecule has 2 aromatic carbocycles.